The molecule has 29 heavy (non-hydrogen) atoms. The predicted molar refractivity (Wildman–Crippen MR) is 107 cm³/mol. The van der Waals surface area contributed by atoms with E-state index in [1.54, 1.807) is 13.0 Å². The Morgan fingerprint density at radius 3 is 2.79 bits per heavy atom. The summed E-state index contributed by atoms with van der Waals surface area (Å²) in [6.07, 6.45) is 1.03. The highest BCUT2D eigenvalue weighted by molar-refractivity contribution is 8.15. The zero-order valence-corrected chi connectivity index (χ0v) is 17.1. The van der Waals surface area contributed by atoms with E-state index in [1.165, 1.54) is 19.4 Å². The molecule has 0 bridgehead atoms. The first-order valence-electron chi connectivity index (χ1n) is 8.30. The molecule has 0 aromatic heterocycles. The molecule has 2 rings (SSSR count). The summed E-state index contributed by atoms with van der Waals surface area (Å²) in [7, 11) is 1.43. The minimum atomic E-state index is -1.08. The molecule has 10 nitrogen and oxygen atoms in total. The molecule has 1 saturated heterocycles. The van der Waals surface area contributed by atoms with Crippen LogP contribution in [0.4, 0.5) is 0 Å². The highest BCUT2D eigenvalue weighted by Gasteiger charge is 2.32. The van der Waals surface area contributed by atoms with Gasteiger partial charge >= 0.3 is 11.9 Å². The third-order valence-corrected chi connectivity index (χ3v) is 4.82. The molecule has 1 atom stereocenters. The fraction of sp³-hybridized carbons (Fsp3) is 0.353. The van der Waals surface area contributed by atoms with Gasteiger partial charge in [-0.2, -0.15) is 5.10 Å². The summed E-state index contributed by atoms with van der Waals surface area (Å²) in [6.45, 7) is 1.64. The van der Waals surface area contributed by atoms with Crippen LogP contribution in [0.2, 0.25) is 5.02 Å². The van der Waals surface area contributed by atoms with E-state index in [9.17, 15) is 14.4 Å². The lowest BCUT2D eigenvalue weighted by Crippen LogP contribution is -2.26. The molecule has 1 aromatic rings. The van der Waals surface area contributed by atoms with Crippen molar-refractivity contribution in [2.45, 2.75) is 18.6 Å². The first-order valence-corrected chi connectivity index (χ1v) is 9.56. The summed E-state index contributed by atoms with van der Waals surface area (Å²) in [4.78, 5) is 33.8. The smallest absolute Gasteiger partial charge is 0.344 e. The van der Waals surface area contributed by atoms with Crippen LogP contribution >= 0.6 is 23.4 Å². The first-order chi connectivity index (χ1) is 13.8. The SMILES string of the molecule is CCOC(=O)COc1cc(Cl)c(C=NN=C2NC(=O)C(CC(=O)O)S2)cc1OC. The third-order valence-electron chi connectivity index (χ3n) is 3.42. The number of aliphatic carboxylic acids is 1. The van der Waals surface area contributed by atoms with Crippen LogP contribution in [0.1, 0.15) is 18.9 Å². The maximum Gasteiger partial charge on any atom is 0.344 e. The van der Waals surface area contributed by atoms with E-state index in [1.807, 2.05) is 0 Å². The van der Waals surface area contributed by atoms with Gasteiger partial charge in [-0.3, -0.25) is 9.59 Å². The Labute approximate surface area is 175 Å². The van der Waals surface area contributed by atoms with Crippen molar-refractivity contribution in [2.75, 3.05) is 20.3 Å². The zero-order valence-electron chi connectivity index (χ0n) is 15.5. The van der Waals surface area contributed by atoms with E-state index in [0.29, 0.717) is 11.3 Å². The predicted octanol–water partition coefficient (Wildman–Crippen LogP) is 1.69. The molecule has 1 fully saturated rings. The second kappa shape index (κ2) is 10.7. The molecular weight excluding hydrogens is 426 g/mol. The monoisotopic (exact) mass is 443 g/mol. The first kappa shape index (κ1) is 22.5. The lowest BCUT2D eigenvalue weighted by Gasteiger charge is -2.11. The molecule has 1 aliphatic heterocycles. The van der Waals surface area contributed by atoms with E-state index in [0.717, 1.165) is 11.8 Å². The highest BCUT2D eigenvalue weighted by Crippen LogP contribution is 2.32. The number of halogens is 1. The number of carbonyl (C=O) groups is 3. The van der Waals surface area contributed by atoms with Gasteiger partial charge in [0.05, 0.1) is 31.4 Å². The number of benzene rings is 1. The summed E-state index contributed by atoms with van der Waals surface area (Å²) in [5.74, 6) is -1.47. The number of amidine groups is 1. The van der Waals surface area contributed by atoms with Gasteiger partial charge in [0.2, 0.25) is 5.91 Å². The van der Waals surface area contributed by atoms with Crippen LogP contribution in [0, 0.1) is 0 Å². The van der Waals surface area contributed by atoms with Crippen LogP contribution in [0.5, 0.6) is 11.5 Å². The summed E-state index contributed by atoms with van der Waals surface area (Å²) >= 11 is 7.19. The molecule has 1 aromatic carbocycles. The fourth-order valence-electron chi connectivity index (χ4n) is 2.15. The number of nitrogens with zero attached hydrogens (tertiary/aromatic N) is 2. The molecular formula is C17H18ClN3O7S. The van der Waals surface area contributed by atoms with Gasteiger partial charge < -0.3 is 24.6 Å². The number of hydrogen-bond acceptors (Lipinski definition) is 9. The largest absolute Gasteiger partial charge is 0.493 e. The molecule has 2 N–H and O–H groups in total. The zero-order chi connectivity index (χ0) is 21.4. The van der Waals surface area contributed by atoms with Crippen LogP contribution in [0.25, 0.3) is 0 Å². The maximum absolute atomic E-state index is 11.7. The van der Waals surface area contributed by atoms with Crippen molar-refractivity contribution in [3.63, 3.8) is 0 Å². The summed E-state index contributed by atoms with van der Waals surface area (Å²) in [5, 5.41) is 18.7. The van der Waals surface area contributed by atoms with Crippen molar-refractivity contribution in [3.05, 3.63) is 22.7 Å². The van der Waals surface area contributed by atoms with Crippen molar-refractivity contribution in [2.24, 2.45) is 10.2 Å². The van der Waals surface area contributed by atoms with E-state index >= 15 is 0 Å². The van der Waals surface area contributed by atoms with Crippen LogP contribution < -0.4 is 14.8 Å². The topological polar surface area (TPSA) is 136 Å². The Balaban J connectivity index is 2.08. The number of nitrogens with one attached hydrogen (secondary N) is 1. The second-order valence-electron chi connectivity index (χ2n) is 5.46. The lowest BCUT2D eigenvalue weighted by molar-refractivity contribution is -0.145. The number of carboxylic acid groups (broad SMARTS) is 1. The maximum atomic E-state index is 11.7. The number of rotatable bonds is 9. The van der Waals surface area contributed by atoms with Gasteiger partial charge in [0, 0.05) is 11.6 Å². The third kappa shape index (κ3) is 6.64. The van der Waals surface area contributed by atoms with Crippen LogP contribution in [0.3, 0.4) is 0 Å². The molecule has 0 radical (unpaired) electrons. The summed E-state index contributed by atoms with van der Waals surface area (Å²) in [6, 6.07) is 3.00. The van der Waals surface area contributed by atoms with Crippen molar-refractivity contribution in [1.82, 2.24) is 5.32 Å². The molecule has 1 aliphatic rings. The molecule has 156 valence electrons. The van der Waals surface area contributed by atoms with E-state index in [-0.39, 0.29) is 35.6 Å². The standard InChI is InChI=1S/C17H18ClN3O7S/c1-3-27-15(24)8-28-12-5-10(18)9(4-11(12)26-2)7-19-21-17-20-16(25)13(29-17)6-14(22)23/h4-5,7,13H,3,6,8H2,1-2H3,(H,22,23)(H,20,21,25). The van der Waals surface area contributed by atoms with Crippen LogP contribution in [-0.4, -0.2) is 59.9 Å². The summed E-state index contributed by atoms with van der Waals surface area (Å²) < 4.78 is 15.4. The Morgan fingerprint density at radius 2 is 2.14 bits per heavy atom. The van der Waals surface area contributed by atoms with Crippen molar-refractivity contribution < 1.29 is 33.7 Å². The highest BCUT2D eigenvalue weighted by atomic mass is 35.5. The van der Waals surface area contributed by atoms with E-state index in [4.69, 9.17) is 30.9 Å². The molecule has 1 amide bonds. The second-order valence-corrected chi connectivity index (χ2v) is 7.06. The summed E-state index contributed by atoms with van der Waals surface area (Å²) in [5.41, 5.74) is 0.452. The Kier molecular flexibility index (Phi) is 8.28. The van der Waals surface area contributed by atoms with Crippen molar-refractivity contribution in [3.8, 4) is 11.5 Å². The van der Waals surface area contributed by atoms with Crippen LogP contribution in [-0.2, 0) is 19.1 Å². The lowest BCUT2D eigenvalue weighted by atomic mass is 10.2. The normalized spacial score (nSPS) is 17.4. The molecule has 0 aliphatic carbocycles. The van der Waals surface area contributed by atoms with Gasteiger partial charge in [-0.1, -0.05) is 23.4 Å². The van der Waals surface area contributed by atoms with Gasteiger partial charge in [0.1, 0.15) is 5.25 Å². The van der Waals surface area contributed by atoms with Gasteiger partial charge in [-0.15, -0.1) is 5.10 Å². The number of hydrogen-bond donors (Lipinski definition) is 2. The minimum Gasteiger partial charge on any atom is -0.493 e. The average molecular weight is 444 g/mol. The van der Waals surface area contributed by atoms with Gasteiger partial charge in [-0.05, 0) is 13.0 Å². The molecule has 12 heteroatoms. The number of thioether (sulfide) groups is 1. The molecule has 1 unspecified atom stereocenters. The van der Waals surface area contributed by atoms with Gasteiger partial charge in [0.15, 0.2) is 23.3 Å². The Bertz CT molecular complexity index is 860. The van der Waals surface area contributed by atoms with E-state index in [2.05, 4.69) is 15.5 Å². The molecule has 1 heterocycles. The number of carbonyl (C=O) groups excluding carboxylic acids is 2. The number of amides is 1. The van der Waals surface area contributed by atoms with Crippen LogP contribution in [0.15, 0.2) is 22.3 Å². The number of methoxy groups -OCH3 is 1. The average Bonchev–Trinajstić information content (AvgIpc) is 3.00. The number of ether oxygens (including phenoxy) is 3. The quantitative estimate of drug-likeness (QED) is 0.334. The van der Waals surface area contributed by atoms with Gasteiger partial charge in [0.25, 0.3) is 0 Å². The van der Waals surface area contributed by atoms with E-state index < -0.39 is 23.1 Å². The molecule has 0 saturated carbocycles. The Hall–Kier alpha value is -2.79. The number of esters is 1. The van der Waals surface area contributed by atoms with Crippen molar-refractivity contribution >= 4 is 52.6 Å². The van der Waals surface area contributed by atoms with Gasteiger partial charge in [-0.25, -0.2) is 4.79 Å². The number of carboxylic acids is 1. The Morgan fingerprint density at radius 1 is 1.38 bits per heavy atom. The fourth-order valence-corrected chi connectivity index (χ4v) is 3.27. The molecule has 0 spiro atoms. The minimum absolute atomic E-state index is 0.190. The van der Waals surface area contributed by atoms with Crippen molar-refractivity contribution in [1.29, 1.82) is 0 Å².